The molecule has 6 nitrogen and oxygen atoms in total. The molecule has 1 unspecified atom stereocenters. The van der Waals surface area contributed by atoms with E-state index in [9.17, 15) is 9.59 Å². The Morgan fingerprint density at radius 2 is 2.10 bits per heavy atom. The van der Waals surface area contributed by atoms with E-state index in [1.165, 1.54) is 0 Å². The topological polar surface area (TPSA) is 74.4 Å². The second-order valence-corrected chi connectivity index (χ2v) is 7.44. The summed E-state index contributed by atoms with van der Waals surface area (Å²) < 4.78 is 5.26. The van der Waals surface area contributed by atoms with Crippen LogP contribution >= 0.6 is 0 Å². The lowest BCUT2D eigenvalue weighted by Crippen LogP contribution is -2.45. The largest absolute Gasteiger partial charge is 0.497 e. The first-order chi connectivity index (χ1) is 14.1. The maximum atomic E-state index is 12.8. The Balaban J connectivity index is 1.38. The molecule has 0 bridgehead atoms. The van der Waals surface area contributed by atoms with E-state index in [2.05, 4.69) is 10.3 Å². The molecule has 2 aromatic carbocycles. The summed E-state index contributed by atoms with van der Waals surface area (Å²) >= 11 is 0. The summed E-state index contributed by atoms with van der Waals surface area (Å²) in [4.78, 5) is 30.1. The average molecular weight is 391 g/mol. The van der Waals surface area contributed by atoms with Gasteiger partial charge in [0.2, 0.25) is 11.8 Å². The average Bonchev–Trinajstić information content (AvgIpc) is 3.23. The van der Waals surface area contributed by atoms with Crippen molar-refractivity contribution in [3.63, 3.8) is 0 Å². The molecule has 1 fully saturated rings. The van der Waals surface area contributed by atoms with Crippen LogP contribution in [0.3, 0.4) is 0 Å². The van der Waals surface area contributed by atoms with E-state index in [1.807, 2.05) is 54.7 Å². The number of benzene rings is 2. The molecule has 2 heterocycles. The Bertz CT molecular complexity index is 1030. The zero-order valence-corrected chi connectivity index (χ0v) is 16.5. The molecular formula is C23H25N3O3. The monoisotopic (exact) mass is 391 g/mol. The van der Waals surface area contributed by atoms with Crippen molar-refractivity contribution in [2.24, 2.45) is 5.92 Å². The van der Waals surface area contributed by atoms with E-state index in [1.54, 1.807) is 12.0 Å². The van der Waals surface area contributed by atoms with Crippen LogP contribution < -0.4 is 10.1 Å². The van der Waals surface area contributed by atoms with Gasteiger partial charge in [-0.05, 0) is 41.8 Å². The minimum atomic E-state index is -0.191. The first kappa shape index (κ1) is 19.1. The molecule has 2 amide bonds. The number of carbonyl (C=O) groups excluding carboxylic acids is 2. The molecule has 2 N–H and O–H groups in total. The van der Waals surface area contributed by atoms with Crippen molar-refractivity contribution in [1.29, 1.82) is 0 Å². The van der Waals surface area contributed by atoms with Crippen LogP contribution in [0.5, 0.6) is 5.75 Å². The molecule has 1 aliphatic rings. The minimum Gasteiger partial charge on any atom is -0.497 e. The summed E-state index contributed by atoms with van der Waals surface area (Å²) in [5.41, 5.74) is 3.14. The Hall–Kier alpha value is -3.28. The lowest BCUT2D eigenvalue weighted by atomic mass is 9.96. The SMILES string of the molecule is COc1cccc(CN2CC(C(=O)NCc3cccc4[nH]ccc34)CCC2=O)c1. The lowest BCUT2D eigenvalue weighted by molar-refractivity contribution is -0.139. The van der Waals surface area contributed by atoms with Gasteiger partial charge in [-0.2, -0.15) is 0 Å². The molecule has 1 saturated heterocycles. The van der Waals surface area contributed by atoms with Gasteiger partial charge in [-0.1, -0.05) is 24.3 Å². The van der Waals surface area contributed by atoms with Crippen LogP contribution in [0, 0.1) is 5.92 Å². The van der Waals surface area contributed by atoms with Gasteiger partial charge in [-0.25, -0.2) is 0 Å². The molecule has 1 atom stereocenters. The van der Waals surface area contributed by atoms with Gasteiger partial charge < -0.3 is 19.9 Å². The molecular weight excluding hydrogens is 366 g/mol. The number of hydrogen-bond donors (Lipinski definition) is 2. The third kappa shape index (κ3) is 4.26. The highest BCUT2D eigenvalue weighted by atomic mass is 16.5. The smallest absolute Gasteiger partial charge is 0.225 e. The second-order valence-electron chi connectivity index (χ2n) is 7.44. The van der Waals surface area contributed by atoms with E-state index in [0.29, 0.717) is 32.5 Å². The first-order valence-electron chi connectivity index (χ1n) is 9.87. The number of ether oxygens (including phenoxy) is 1. The number of amides is 2. The Kier molecular flexibility index (Phi) is 5.51. The molecule has 1 aromatic heterocycles. The molecule has 0 spiro atoms. The number of aromatic nitrogens is 1. The molecule has 29 heavy (non-hydrogen) atoms. The van der Waals surface area contributed by atoms with Crippen LogP contribution in [0.25, 0.3) is 10.9 Å². The number of hydrogen-bond acceptors (Lipinski definition) is 3. The second kappa shape index (κ2) is 8.39. The number of H-pyrrole nitrogens is 1. The number of carbonyl (C=O) groups is 2. The lowest BCUT2D eigenvalue weighted by Gasteiger charge is -2.32. The van der Waals surface area contributed by atoms with E-state index < -0.39 is 0 Å². The van der Waals surface area contributed by atoms with E-state index in [4.69, 9.17) is 4.74 Å². The zero-order valence-electron chi connectivity index (χ0n) is 16.5. The number of fused-ring (bicyclic) bond motifs is 1. The molecule has 0 aliphatic carbocycles. The third-order valence-electron chi connectivity index (χ3n) is 5.52. The van der Waals surface area contributed by atoms with Crippen molar-refractivity contribution >= 4 is 22.7 Å². The molecule has 3 aromatic rings. The Morgan fingerprint density at radius 3 is 2.97 bits per heavy atom. The van der Waals surface area contributed by atoms with Gasteiger partial charge >= 0.3 is 0 Å². The van der Waals surface area contributed by atoms with E-state index >= 15 is 0 Å². The van der Waals surface area contributed by atoms with Crippen molar-refractivity contribution < 1.29 is 14.3 Å². The van der Waals surface area contributed by atoms with Crippen LogP contribution in [0.15, 0.2) is 54.7 Å². The molecule has 150 valence electrons. The number of methoxy groups -OCH3 is 1. The number of nitrogens with zero attached hydrogens (tertiary/aromatic N) is 1. The summed E-state index contributed by atoms with van der Waals surface area (Å²) in [6, 6.07) is 15.7. The quantitative estimate of drug-likeness (QED) is 0.677. The summed E-state index contributed by atoms with van der Waals surface area (Å²) in [7, 11) is 1.62. The molecule has 6 heteroatoms. The molecule has 4 rings (SSSR count). The van der Waals surface area contributed by atoms with Crippen molar-refractivity contribution in [2.45, 2.75) is 25.9 Å². The van der Waals surface area contributed by atoms with Gasteiger partial charge in [0.05, 0.1) is 13.0 Å². The fourth-order valence-corrected chi connectivity index (χ4v) is 3.90. The summed E-state index contributed by atoms with van der Waals surface area (Å²) in [6.45, 7) is 1.41. The first-order valence-corrected chi connectivity index (χ1v) is 9.87. The van der Waals surface area contributed by atoms with Crippen LogP contribution in [0.2, 0.25) is 0 Å². The van der Waals surface area contributed by atoms with Crippen LogP contribution in [0.4, 0.5) is 0 Å². The van der Waals surface area contributed by atoms with Gasteiger partial charge in [0.1, 0.15) is 5.75 Å². The fourth-order valence-electron chi connectivity index (χ4n) is 3.90. The van der Waals surface area contributed by atoms with Crippen LogP contribution in [-0.4, -0.2) is 35.4 Å². The van der Waals surface area contributed by atoms with Gasteiger partial charge in [0, 0.05) is 43.2 Å². The van der Waals surface area contributed by atoms with Gasteiger partial charge in [-0.3, -0.25) is 9.59 Å². The number of likely N-dealkylation sites (tertiary alicyclic amines) is 1. The molecule has 0 saturated carbocycles. The summed E-state index contributed by atoms with van der Waals surface area (Å²) in [6.07, 6.45) is 2.89. The third-order valence-corrected chi connectivity index (χ3v) is 5.52. The molecule has 1 aliphatic heterocycles. The van der Waals surface area contributed by atoms with Gasteiger partial charge in [0.15, 0.2) is 0 Å². The highest BCUT2D eigenvalue weighted by Crippen LogP contribution is 2.22. The van der Waals surface area contributed by atoms with Crippen molar-refractivity contribution in [2.75, 3.05) is 13.7 Å². The predicted octanol–water partition coefficient (Wildman–Crippen LogP) is 3.23. The van der Waals surface area contributed by atoms with Crippen LogP contribution in [0.1, 0.15) is 24.0 Å². The standard InChI is InChI=1S/C23H25N3O3/c1-29-19-6-2-4-16(12-19)14-26-15-18(8-9-22(26)27)23(28)25-13-17-5-3-7-21-20(17)10-11-24-21/h2-7,10-12,18,24H,8-9,13-15H2,1H3,(H,25,28). The van der Waals surface area contributed by atoms with Crippen LogP contribution in [-0.2, 0) is 22.7 Å². The number of aromatic amines is 1. The minimum absolute atomic E-state index is 0.000631. The predicted molar refractivity (Wildman–Crippen MR) is 111 cm³/mol. The maximum Gasteiger partial charge on any atom is 0.225 e. The fraction of sp³-hybridized carbons (Fsp3) is 0.304. The Labute approximate surface area is 169 Å². The highest BCUT2D eigenvalue weighted by Gasteiger charge is 2.30. The zero-order chi connectivity index (χ0) is 20.2. The van der Waals surface area contributed by atoms with E-state index in [-0.39, 0.29) is 17.7 Å². The number of nitrogens with one attached hydrogen (secondary N) is 2. The number of piperidine rings is 1. The van der Waals surface area contributed by atoms with Crippen molar-refractivity contribution in [3.05, 3.63) is 65.9 Å². The number of rotatable bonds is 6. The van der Waals surface area contributed by atoms with Gasteiger partial charge in [0.25, 0.3) is 0 Å². The van der Waals surface area contributed by atoms with Crippen molar-refractivity contribution in [3.8, 4) is 5.75 Å². The molecule has 0 radical (unpaired) electrons. The van der Waals surface area contributed by atoms with Crippen molar-refractivity contribution in [1.82, 2.24) is 15.2 Å². The normalized spacial score (nSPS) is 16.8. The van der Waals surface area contributed by atoms with E-state index in [0.717, 1.165) is 27.8 Å². The maximum absolute atomic E-state index is 12.8. The Morgan fingerprint density at radius 1 is 1.24 bits per heavy atom. The summed E-state index contributed by atoms with van der Waals surface area (Å²) in [5.74, 6) is 0.665. The summed E-state index contributed by atoms with van der Waals surface area (Å²) in [5, 5.41) is 4.17. The van der Waals surface area contributed by atoms with Gasteiger partial charge in [-0.15, -0.1) is 0 Å². The highest BCUT2D eigenvalue weighted by molar-refractivity contribution is 5.85.